The van der Waals surface area contributed by atoms with Gasteiger partial charge in [0.1, 0.15) is 0 Å². The summed E-state index contributed by atoms with van der Waals surface area (Å²) in [5, 5.41) is 9.30. The number of nitrogens with zero attached hydrogens (tertiary/aromatic N) is 1. The molecule has 1 amide bonds. The van der Waals surface area contributed by atoms with Crippen LogP contribution >= 0.6 is 0 Å². The first-order chi connectivity index (χ1) is 7.59. The van der Waals surface area contributed by atoms with Crippen LogP contribution in [0.1, 0.15) is 26.2 Å². The Morgan fingerprint density at radius 1 is 1.38 bits per heavy atom. The third-order valence-electron chi connectivity index (χ3n) is 4.93. The maximum Gasteiger partial charge on any atom is 0.226 e. The highest BCUT2D eigenvalue weighted by molar-refractivity contribution is 5.82. The standard InChI is InChI=1S/C13H21NO2/c1-7(15)6-14(2)13(16)12-10-8-3-4-9(5-8)11(10)12/h7-12,15H,3-6H2,1-2H3. The molecule has 3 aliphatic carbocycles. The third-order valence-corrected chi connectivity index (χ3v) is 4.93. The number of hydrogen-bond donors (Lipinski definition) is 1. The van der Waals surface area contributed by atoms with Crippen LogP contribution in [0, 0.1) is 29.6 Å². The molecule has 3 rings (SSSR count). The summed E-state index contributed by atoms with van der Waals surface area (Å²) in [6, 6.07) is 0. The van der Waals surface area contributed by atoms with E-state index in [2.05, 4.69) is 0 Å². The number of rotatable bonds is 3. The number of aliphatic hydroxyl groups is 1. The second kappa shape index (κ2) is 3.46. The number of likely N-dealkylation sites (N-methyl/N-ethyl adjacent to an activating group) is 1. The Labute approximate surface area is 96.8 Å². The molecule has 3 aliphatic rings. The molecule has 3 fully saturated rings. The lowest BCUT2D eigenvalue weighted by molar-refractivity contribution is -0.133. The van der Waals surface area contributed by atoms with E-state index < -0.39 is 6.10 Å². The van der Waals surface area contributed by atoms with Crippen LogP contribution in [0.25, 0.3) is 0 Å². The van der Waals surface area contributed by atoms with Crippen molar-refractivity contribution in [2.24, 2.45) is 29.6 Å². The maximum atomic E-state index is 12.2. The maximum absolute atomic E-state index is 12.2. The molecule has 0 saturated heterocycles. The second-order valence-electron chi connectivity index (χ2n) is 6.08. The number of fused-ring (bicyclic) bond motifs is 5. The zero-order valence-corrected chi connectivity index (χ0v) is 10.1. The smallest absolute Gasteiger partial charge is 0.226 e. The van der Waals surface area contributed by atoms with Crippen LogP contribution in [0.15, 0.2) is 0 Å². The summed E-state index contributed by atoms with van der Waals surface area (Å²) >= 11 is 0. The Hall–Kier alpha value is -0.570. The van der Waals surface area contributed by atoms with Gasteiger partial charge in [-0.3, -0.25) is 4.79 Å². The van der Waals surface area contributed by atoms with E-state index in [0.717, 1.165) is 11.8 Å². The van der Waals surface area contributed by atoms with Crippen LogP contribution in [-0.4, -0.2) is 35.6 Å². The van der Waals surface area contributed by atoms with Crippen LogP contribution in [0.2, 0.25) is 0 Å². The lowest BCUT2D eigenvalue weighted by Crippen LogP contribution is -2.35. The highest BCUT2D eigenvalue weighted by Crippen LogP contribution is 2.69. The Balaban J connectivity index is 1.62. The fourth-order valence-corrected chi connectivity index (χ4v) is 4.40. The summed E-state index contributed by atoms with van der Waals surface area (Å²) in [4.78, 5) is 13.9. The van der Waals surface area contributed by atoms with Crippen molar-refractivity contribution in [3.05, 3.63) is 0 Å². The molecule has 0 aliphatic heterocycles. The van der Waals surface area contributed by atoms with E-state index in [1.165, 1.54) is 19.3 Å². The highest BCUT2D eigenvalue weighted by atomic mass is 16.3. The lowest BCUT2D eigenvalue weighted by atomic mass is 10.0. The van der Waals surface area contributed by atoms with E-state index in [1.807, 2.05) is 7.05 Å². The van der Waals surface area contributed by atoms with Crippen molar-refractivity contribution < 1.29 is 9.90 Å². The van der Waals surface area contributed by atoms with Crippen molar-refractivity contribution in [1.82, 2.24) is 4.90 Å². The first-order valence-corrected chi connectivity index (χ1v) is 6.52. The Morgan fingerprint density at radius 3 is 2.44 bits per heavy atom. The Kier molecular flexibility index (Phi) is 2.29. The van der Waals surface area contributed by atoms with Gasteiger partial charge in [-0.2, -0.15) is 0 Å². The van der Waals surface area contributed by atoms with Gasteiger partial charge < -0.3 is 10.0 Å². The fraction of sp³-hybridized carbons (Fsp3) is 0.923. The molecule has 0 radical (unpaired) electrons. The molecule has 90 valence electrons. The summed E-state index contributed by atoms with van der Waals surface area (Å²) in [5.74, 6) is 3.72. The number of carbonyl (C=O) groups excluding carboxylic acids is 1. The zero-order valence-electron chi connectivity index (χ0n) is 10.1. The minimum absolute atomic E-state index is 0.285. The molecule has 1 N–H and O–H groups in total. The summed E-state index contributed by atoms with van der Waals surface area (Å²) in [6.07, 6.45) is 3.69. The molecule has 5 atom stereocenters. The van der Waals surface area contributed by atoms with Crippen LogP contribution < -0.4 is 0 Å². The van der Waals surface area contributed by atoms with Crippen LogP contribution in [0.5, 0.6) is 0 Å². The molecule has 3 nitrogen and oxygen atoms in total. The van der Waals surface area contributed by atoms with Crippen molar-refractivity contribution in [3.8, 4) is 0 Å². The van der Waals surface area contributed by atoms with Gasteiger partial charge in [-0.05, 0) is 49.9 Å². The molecule has 3 heteroatoms. The Morgan fingerprint density at radius 2 is 1.94 bits per heavy atom. The van der Waals surface area contributed by atoms with Crippen molar-refractivity contribution >= 4 is 5.91 Å². The molecule has 0 aromatic heterocycles. The highest BCUT2D eigenvalue weighted by Gasteiger charge is 2.67. The number of hydrogen-bond acceptors (Lipinski definition) is 2. The van der Waals surface area contributed by atoms with E-state index in [9.17, 15) is 9.90 Å². The first kappa shape index (κ1) is 10.6. The molecule has 2 bridgehead atoms. The van der Waals surface area contributed by atoms with Gasteiger partial charge in [0.15, 0.2) is 0 Å². The van der Waals surface area contributed by atoms with Crippen molar-refractivity contribution in [1.29, 1.82) is 0 Å². The topological polar surface area (TPSA) is 40.5 Å². The minimum Gasteiger partial charge on any atom is -0.392 e. The molecular formula is C13H21NO2. The van der Waals surface area contributed by atoms with Crippen LogP contribution in [0.4, 0.5) is 0 Å². The zero-order chi connectivity index (χ0) is 11.4. The third kappa shape index (κ3) is 1.41. The van der Waals surface area contributed by atoms with Crippen LogP contribution in [-0.2, 0) is 4.79 Å². The minimum atomic E-state index is -0.413. The van der Waals surface area contributed by atoms with E-state index >= 15 is 0 Å². The largest absolute Gasteiger partial charge is 0.392 e. The van der Waals surface area contributed by atoms with Gasteiger partial charge in [-0.15, -0.1) is 0 Å². The molecule has 0 aromatic carbocycles. The van der Waals surface area contributed by atoms with E-state index in [1.54, 1.807) is 11.8 Å². The fourth-order valence-electron chi connectivity index (χ4n) is 4.40. The molecule has 16 heavy (non-hydrogen) atoms. The van der Waals surface area contributed by atoms with Gasteiger partial charge in [-0.25, -0.2) is 0 Å². The van der Waals surface area contributed by atoms with Crippen molar-refractivity contribution in [2.45, 2.75) is 32.3 Å². The average Bonchev–Trinajstić information content (AvgIpc) is 2.64. The van der Waals surface area contributed by atoms with E-state index in [-0.39, 0.29) is 5.91 Å². The molecule has 3 saturated carbocycles. The van der Waals surface area contributed by atoms with Gasteiger partial charge in [0.05, 0.1) is 6.10 Å². The average molecular weight is 223 g/mol. The normalized spacial score (nSPS) is 45.3. The van der Waals surface area contributed by atoms with Gasteiger partial charge in [-0.1, -0.05) is 0 Å². The second-order valence-corrected chi connectivity index (χ2v) is 6.08. The Bertz CT molecular complexity index is 299. The van der Waals surface area contributed by atoms with Gasteiger partial charge in [0.2, 0.25) is 5.91 Å². The summed E-state index contributed by atoms with van der Waals surface area (Å²) < 4.78 is 0. The predicted molar refractivity (Wildman–Crippen MR) is 60.6 cm³/mol. The summed E-state index contributed by atoms with van der Waals surface area (Å²) in [5.41, 5.74) is 0. The molecule has 5 unspecified atom stereocenters. The van der Waals surface area contributed by atoms with Gasteiger partial charge in [0.25, 0.3) is 0 Å². The number of aliphatic hydroxyl groups excluding tert-OH is 1. The van der Waals surface area contributed by atoms with Gasteiger partial charge >= 0.3 is 0 Å². The molecule has 0 spiro atoms. The summed E-state index contributed by atoms with van der Waals surface area (Å²) in [7, 11) is 1.82. The lowest BCUT2D eigenvalue weighted by Gasteiger charge is -2.20. The number of amides is 1. The quantitative estimate of drug-likeness (QED) is 0.779. The van der Waals surface area contributed by atoms with Crippen molar-refractivity contribution in [3.63, 3.8) is 0 Å². The molecular weight excluding hydrogens is 202 g/mol. The van der Waals surface area contributed by atoms with E-state index in [0.29, 0.717) is 24.3 Å². The monoisotopic (exact) mass is 223 g/mol. The summed E-state index contributed by atoms with van der Waals surface area (Å²) in [6.45, 7) is 2.21. The van der Waals surface area contributed by atoms with Crippen molar-refractivity contribution in [2.75, 3.05) is 13.6 Å². The van der Waals surface area contributed by atoms with E-state index in [4.69, 9.17) is 0 Å². The first-order valence-electron chi connectivity index (χ1n) is 6.52. The van der Waals surface area contributed by atoms with Crippen LogP contribution in [0.3, 0.4) is 0 Å². The molecule has 0 heterocycles. The predicted octanol–water partition coefficient (Wildman–Crippen LogP) is 1.12. The molecule has 0 aromatic rings. The van der Waals surface area contributed by atoms with Gasteiger partial charge in [0, 0.05) is 19.5 Å². The number of carbonyl (C=O) groups is 1. The SMILES string of the molecule is CC(O)CN(C)C(=O)C1C2C3CCC(C3)C12.